The van der Waals surface area contributed by atoms with E-state index in [1.165, 1.54) is 23.0 Å². The summed E-state index contributed by atoms with van der Waals surface area (Å²) in [5.41, 5.74) is 1.91. The molecular formula is C27H29ClFN5O3. The summed E-state index contributed by atoms with van der Waals surface area (Å²) in [4.78, 5) is 45.0. The summed E-state index contributed by atoms with van der Waals surface area (Å²) in [5, 5.41) is 0.656. The standard InChI is InChI=1S/C27H29ClFN5O3/c1-17-14-31(15-18-4-6-19(29)7-5-18)10-11-33(17)26(36)21-12-20-22(16-34(30)24(20)13-23(21)28)25(35)27(37)32-8-2-3-9-32/h4-7,12-13,16-17H,2-3,8-11,14-15,30H2,1H3. The molecule has 10 heteroatoms. The summed E-state index contributed by atoms with van der Waals surface area (Å²) in [6, 6.07) is 9.48. The van der Waals surface area contributed by atoms with E-state index in [-0.39, 0.29) is 33.9 Å². The molecule has 0 aliphatic carbocycles. The van der Waals surface area contributed by atoms with Gasteiger partial charge in [0.2, 0.25) is 0 Å². The molecule has 2 saturated heterocycles. The van der Waals surface area contributed by atoms with E-state index in [9.17, 15) is 18.8 Å². The molecule has 2 amide bonds. The number of likely N-dealkylation sites (tertiary alicyclic amines) is 1. The highest BCUT2D eigenvalue weighted by atomic mass is 35.5. The molecule has 2 aromatic carbocycles. The van der Waals surface area contributed by atoms with Gasteiger partial charge in [-0.2, -0.15) is 0 Å². The molecule has 194 valence electrons. The van der Waals surface area contributed by atoms with E-state index < -0.39 is 11.7 Å². The van der Waals surface area contributed by atoms with Crippen molar-refractivity contribution in [3.8, 4) is 0 Å². The van der Waals surface area contributed by atoms with E-state index in [0.29, 0.717) is 50.2 Å². The minimum atomic E-state index is -0.639. The van der Waals surface area contributed by atoms with Crippen molar-refractivity contribution >= 4 is 40.1 Å². The molecule has 2 aliphatic heterocycles. The Morgan fingerprint density at radius 1 is 1.03 bits per heavy atom. The lowest BCUT2D eigenvalue weighted by Gasteiger charge is -2.40. The maximum atomic E-state index is 13.6. The third-order valence-electron chi connectivity index (χ3n) is 7.28. The zero-order valence-corrected chi connectivity index (χ0v) is 21.4. The number of rotatable bonds is 5. The first-order valence-electron chi connectivity index (χ1n) is 12.4. The van der Waals surface area contributed by atoms with Crippen LogP contribution < -0.4 is 5.84 Å². The van der Waals surface area contributed by atoms with E-state index in [1.54, 1.807) is 34.1 Å². The predicted octanol–water partition coefficient (Wildman–Crippen LogP) is 3.30. The van der Waals surface area contributed by atoms with E-state index in [4.69, 9.17) is 17.4 Å². The summed E-state index contributed by atoms with van der Waals surface area (Å²) in [7, 11) is 0. The van der Waals surface area contributed by atoms with Gasteiger partial charge < -0.3 is 15.6 Å². The molecule has 0 radical (unpaired) electrons. The van der Waals surface area contributed by atoms with Crippen LogP contribution in [-0.2, 0) is 11.3 Å². The summed E-state index contributed by atoms with van der Waals surface area (Å²) in [5.74, 6) is 4.37. The van der Waals surface area contributed by atoms with Crippen molar-refractivity contribution in [3.63, 3.8) is 0 Å². The molecular weight excluding hydrogens is 497 g/mol. The van der Waals surface area contributed by atoms with Gasteiger partial charge in [-0.25, -0.2) is 4.39 Å². The first-order chi connectivity index (χ1) is 17.7. The van der Waals surface area contributed by atoms with Crippen LogP contribution in [0.2, 0.25) is 5.02 Å². The Kier molecular flexibility index (Phi) is 6.92. The lowest BCUT2D eigenvalue weighted by atomic mass is 10.0. The number of nitrogens with two attached hydrogens (primary N) is 1. The van der Waals surface area contributed by atoms with Crippen molar-refractivity contribution in [1.82, 2.24) is 19.4 Å². The van der Waals surface area contributed by atoms with Gasteiger partial charge in [-0.1, -0.05) is 23.7 Å². The van der Waals surface area contributed by atoms with Crippen molar-refractivity contribution in [2.24, 2.45) is 0 Å². The maximum Gasteiger partial charge on any atom is 0.295 e. The Morgan fingerprint density at radius 3 is 2.41 bits per heavy atom. The summed E-state index contributed by atoms with van der Waals surface area (Å²) in [6.07, 6.45) is 3.17. The van der Waals surface area contributed by atoms with Crippen LogP contribution in [0.25, 0.3) is 10.9 Å². The second-order valence-electron chi connectivity index (χ2n) is 9.84. The summed E-state index contributed by atoms with van der Waals surface area (Å²) in [6.45, 7) is 5.56. The van der Waals surface area contributed by atoms with Gasteiger partial charge in [0.15, 0.2) is 0 Å². The van der Waals surface area contributed by atoms with E-state index in [1.807, 2.05) is 6.92 Å². The Balaban J connectivity index is 1.36. The molecule has 0 bridgehead atoms. The van der Waals surface area contributed by atoms with Gasteiger partial charge in [0, 0.05) is 56.9 Å². The maximum absolute atomic E-state index is 13.6. The lowest BCUT2D eigenvalue weighted by Crippen LogP contribution is -2.53. The Morgan fingerprint density at radius 2 is 1.73 bits per heavy atom. The lowest BCUT2D eigenvalue weighted by molar-refractivity contribution is -0.125. The number of benzene rings is 2. The van der Waals surface area contributed by atoms with Crippen LogP contribution in [0.1, 0.15) is 46.0 Å². The Hall–Kier alpha value is -3.43. The SMILES string of the molecule is CC1CN(Cc2ccc(F)cc2)CCN1C(=O)c1cc2c(C(=O)C(=O)N3CCCC3)cn(N)c2cc1Cl. The molecule has 0 saturated carbocycles. The smallest absolute Gasteiger partial charge is 0.295 e. The summed E-state index contributed by atoms with van der Waals surface area (Å²) >= 11 is 6.52. The van der Waals surface area contributed by atoms with Crippen LogP contribution in [0.15, 0.2) is 42.6 Å². The van der Waals surface area contributed by atoms with E-state index in [2.05, 4.69) is 4.90 Å². The molecule has 2 N–H and O–H groups in total. The van der Waals surface area contributed by atoms with Crippen LogP contribution in [0, 0.1) is 5.82 Å². The first-order valence-corrected chi connectivity index (χ1v) is 12.8. The highest BCUT2D eigenvalue weighted by molar-refractivity contribution is 6.45. The average Bonchev–Trinajstić information content (AvgIpc) is 3.52. The molecule has 0 spiro atoms. The van der Waals surface area contributed by atoms with Crippen molar-refractivity contribution in [3.05, 3.63) is 70.1 Å². The zero-order valence-electron chi connectivity index (χ0n) is 20.6. The van der Waals surface area contributed by atoms with Gasteiger partial charge in [-0.15, -0.1) is 0 Å². The number of Topliss-reactive ketones (excluding diaryl/α,β-unsaturated/α-hetero) is 1. The monoisotopic (exact) mass is 525 g/mol. The molecule has 1 aromatic heterocycles. The average molecular weight is 526 g/mol. The molecule has 5 rings (SSSR count). The fraction of sp³-hybridized carbons (Fsp3) is 0.370. The molecule has 1 atom stereocenters. The van der Waals surface area contributed by atoms with Crippen molar-refractivity contribution in [2.45, 2.75) is 32.4 Å². The minimum Gasteiger partial charge on any atom is -0.339 e. The third kappa shape index (κ3) is 4.93. The number of ketones is 1. The number of hydrogen-bond acceptors (Lipinski definition) is 5. The van der Waals surface area contributed by atoms with Crippen LogP contribution in [0.4, 0.5) is 4.39 Å². The number of nitrogen functional groups attached to an aromatic ring is 1. The highest BCUT2D eigenvalue weighted by Crippen LogP contribution is 2.30. The number of amides is 2. The fourth-order valence-electron chi connectivity index (χ4n) is 5.28. The number of carbonyl (C=O) groups is 3. The molecule has 8 nitrogen and oxygen atoms in total. The highest BCUT2D eigenvalue weighted by Gasteiger charge is 2.32. The number of aromatic nitrogens is 1. The summed E-state index contributed by atoms with van der Waals surface area (Å²) < 4.78 is 14.5. The molecule has 2 aliphatic rings. The van der Waals surface area contributed by atoms with Gasteiger partial charge >= 0.3 is 0 Å². The first kappa shape index (κ1) is 25.2. The van der Waals surface area contributed by atoms with Crippen LogP contribution in [0.5, 0.6) is 0 Å². The molecule has 37 heavy (non-hydrogen) atoms. The molecule has 3 heterocycles. The Labute approximate surface area is 219 Å². The van der Waals surface area contributed by atoms with Crippen LogP contribution in [0.3, 0.4) is 0 Å². The van der Waals surface area contributed by atoms with Crippen LogP contribution >= 0.6 is 11.6 Å². The van der Waals surface area contributed by atoms with E-state index >= 15 is 0 Å². The van der Waals surface area contributed by atoms with Gasteiger partial charge in [0.1, 0.15) is 5.82 Å². The second kappa shape index (κ2) is 10.1. The minimum absolute atomic E-state index is 0.0922. The molecule has 3 aromatic rings. The van der Waals surface area contributed by atoms with Gasteiger partial charge in [0.05, 0.1) is 21.7 Å². The van der Waals surface area contributed by atoms with Gasteiger partial charge in [-0.05, 0) is 49.6 Å². The zero-order chi connectivity index (χ0) is 26.3. The largest absolute Gasteiger partial charge is 0.339 e. The van der Waals surface area contributed by atoms with Crippen LogP contribution in [-0.4, -0.2) is 75.7 Å². The quantitative estimate of drug-likeness (QED) is 0.313. The number of fused-ring (bicyclic) bond motifs is 1. The molecule has 2 fully saturated rings. The fourth-order valence-corrected chi connectivity index (χ4v) is 5.51. The number of piperazine rings is 1. The normalized spacial score (nSPS) is 18.5. The Bertz CT molecular complexity index is 1370. The topological polar surface area (TPSA) is 91.9 Å². The van der Waals surface area contributed by atoms with E-state index in [0.717, 1.165) is 18.4 Å². The predicted molar refractivity (Wildman–Crippen MR) is 139 cm³/mol. The van der Waals surface area contributed by atoms with Crippen molar-refractivity contribution < 1.29 is 18.8 Å². The van der Waals surface area contributed by atoms with Gasteiger partial charge in [0.25, 0.3) is 17.6 Å². The number of nitrogens with zero attached hydrogens (tertiary/aromatic N) is 4. The van der Waals surface area contributed by atoms with Gasteiger partial charge in [-0.3, -0.25) is 24.0 Å². The van der Waals surface area contributed by atoms with Crippen molar-refractivity contribution in [1.29, 1.82) is 0 Å². The van der Waals surface area contributed by atoms with Crippen molar-refractivity contribution in [2.75, 3.05) is 38.6 Å². The number of carbonyl (C=O) groups excluding carboxylic acids is 3. The number of hydrogen-bond donors (Lipinski definition) is 1. The second-order valence-corrected chi connectivity index (χ2v) is 10.2. The number of halogens is 2. The molecule has 1 unspecified atom stereocenters. The third-order valence-corrected chi connectivity index (χ3v) is 7.59.